The molecule has 0 radical (unpaired) electrons. The maximum Gasteiger partial charge on any atom is 0.266 e. The predicted octanol–water partition coefficient (Wildman–Crippen LogP) is 3.12. The minimum Gasteiger partial charge on any atom is -0.343 e. The number of carbonyl (C=O) groups is 1. The summed E-state index contributed by atoms with van der Waals surface area (Å²) in [6.07, 6.45) is 11.0. The van der Waals surface area contributed by atoms with Crippen LogP contribution in [-0.2, 0) is 11.3 Å². The molecule has 1 saturated carbocycles. The molecule has 1 amide bonds. The smallest absolute Gasteiger partial charge is 0.266 e. The molecule has 6 heteroatoms. The van der Waals surface area contributed by atoms with Gasteiger partial charge in [0.2, 0.25) is 5.91 Å². The fourth-order valence-corrected chi connectivity index (χ4v) is 4.46. The van der Waals surface area contributed by atoms with Gasteiger partial charge in [0.25, 0.3) is 5.56 Å². The molecule has 1 saturated heterocycles. The van der Waals surface area contributed by atoms with Crippen molar-refractivity contribution in [3.8, 4) is 11.3 Å². The van der Waals surface area contributed by atoms with Gasteiger partial charge in [0.15, 0.2) is 0 Å². The lowest BCUT2D eigenvalue weighted by atomic mass is 9.95. The van der Waals surface area contributed by atoms with Gasteiger partial charge >= 0.3 is 0 Å². The zero-order valence-corrected chi connectivity index (χ0v) is 16.3. The standard InChI is InChI=1S/C22H28N4O2/c27-21-6-5-20(19-7-11-23-12-8-19)24-26(21)16-18-9-13-25(14-10-18)22(28)15-17-3-1-2-4-17/h5-8,11-12,17-18H,1-4,9-10,13-16H2. The molecule has 2 aliphatic rings. The Kier molecular flexibility index (Phi) is 5.84. The Morgan fingerprint density at radius 3 is 2.39 bits per heavy atom. The van der Waals surface area contributed by atoms with Crippen molar-refractivity contribution in [2.24, 2.45) is 11.8 Å². The van der Waals surface area contributed by atoms with Crippen LogP contribution >= 0.6 is 0 Å². The van der Waals surface area contributed by atoms with Crippen LogP contribution in [0.5, 0.6) is 0 Å². The highest BCUT2D eigenvalue weighted by atomic mass is 16.2. The van der Waals surface area contributed by atoms with Crippen LogP contribution in [0, 0.1) is 11.8 Å². The topological polar surface area (TPSA) is 68.1 Å². The number of pyridine rings is 1. The molecule has 6 nitrogen and oxygen atoms in total. The van der Waals surface area contributed by atoms with E-state index in [1.165, 1.54) is 25.7 Å². The van der Waals surface area contributed by atoms with Crippen LogP contribution in [0.3, 0.4) is 0 Å². The van der Waals surface area contributed by atoms with Crippen LogP contribution in [-0.4, -0.2) is 38.7 Å². The molecule has 4 rings (SSSR count). The summed E-state index contributed by atoms with van der Waals surface area (Å²) in [5.41, 5.74) is 1.67. The average molecular weight is 380 g/mol. The fraction of sp³-hybridized carbons (Fsp3) is 0.545. The molecule has 0 unspecified atom stereocenters. The van der Waals surface area contributed by atoms with Crippen LogP contribution < -0.4 is 5.56 Å². The molecule has 3 heterocycles. The molecule has 0 N–H and O–H groups in total. The number of amides is 1. The molecule has 0 aromatic carbocycles. The molecule has 2 fully saturated rings. The van der Waals surface area contributed by atoms with Gasteiger partial charge in [-0.15, -0.1) is 0 Å². The zero-order chi connectivity index (χ0) is 19.3. The highest BCUT2D eigenvalue weighted by Gasteiger charge is 2.26. The van der Waals surface area contributed by atoms with Crippen molar-refractivity contribution in [3.05, 3.63) is 47.0 Å². The lowest BCUT2D eigenvalue weighted by Gasteiger charge is -2.32. The van der Waals surface area contributed by atoms with Gasteiger partial charge in [0, 0.05) is 50.1 Å². The number of aromatic nitrogens is 3. The van der Waals surface area contributed by atoms with Crippen molar-refractivity contribution in [3.63, 3.8) is 0 Å². The van der Waals surface area contributed by atoms with E-state index in [9.17, 15) is 9.59 Å². The van der Waals surface area contributed by atoms with Crippen LogP contribution in [0.4, 0.5) is 0 Å². The molecule has 2 aromatic rings. The third kappa shape index (κ3) is 4.49. The van der Waals surface area contributed by atoms with E-state index in [4.69, 9.17) is 0 Å². The van der Waals surface area contributed by atoms with Crippen molar-refractivity contribution in [2.75, 3.05) is 13.1 Å². The quantitative estimate of drug-likeness (QED) is 0.799. The van der Waals surface area contributed by atoms with Crippen LogP contribution in [0.1, 0.15) is 44.9 Å². The van der Waals surface area contributed by atoms with Gasteiger partial charge in [-0.25, -0.2) is 4.68 Å². The van der Waals surface area contributed by atoms with Gasteiger partial charge in [-0.2, -0.15) is 5.10 Å². The summed E-state index contributed by atoms with van der Waals surface area (Å²) >= 11 is 0. The molecule has 1 aliphatic heterocycles. The zero-order valence-electron chi connectivity index (χ0n) is 16.3. The summed E-state index contributed by atoms with van der Waals surface area (Å²) in [5.74, 6) is 1.30. The third-order valence-corrected chi connectivity index (χ3v) is 6.18. The molecule has 1 aliphatic carbocycles. The van der Waals surface area contributed by atoms with Crippen LogP contribution in [0.2, 0.25) is 0 Å². The van der Waals surface area contributed by atoms with Crippen molar-refractivity contribution >= 4 is 5.91 Å². The highest BCUT2D eigenvalue weighted by molar-refractivity contribution is 5.76. The molecule has 0 spiro atoms. The second kappa shape index (κ2) is 8.67. The first kappa shape index (κ1) is 18.8. The van der Waals surface area contributed by atoms with E-state index in [-0.39, 0.29) is 5.56 Å². The second-order valence-electron chi connectivity index (χ2n) is 8.15. The lowest BCUT2D eigenvalue weighted by molar-refractivity contribution is -0.133. The number of rotatable bonds is 5. The van der Waals surface area contributed by atoms with E-state index in [1.54, 1.807) is 29.2 Å². The Morgan fingerprint density at radius 2 is 1.68 bits per heavy atom. The van der Waals surface area contributed by atoms with E-state index in [2.05, 4.69) is 10.1 Å². The largest absolute Gasteiger partial charge is 0.343 e. The average Bonchev–Trinajstić information content (AvgIpc) is 3.24. The van der Waals surface area contributed by atoms with Gasteiger partial charge in [0.1, 0.15) is 0 Å². The number of carbonyl (C=O) groups excluding carboxylic acids is 1. The Balaban J connectivity index is 1.34. The van der Waals surface area contributed by atoms with Crippen molar-refractivity contribution in [1.82, 2.24) is 19.7 Å². The predicted molar refractivity (Wildman–Crippen MR) is 108 cm³/mol. The first-order chi connectivity index (χ1) is 13.7. The first-order valence-electron chi connectivity index (χ1n) is 10.5. The Morgan fingerprint density at radius 1 is 0.964 bits per heavy atom. The normalized spacial score (nSPS) is 18.5. The minimum absolute atomic E-state index is 0.0717. The van der Waals surface area contributed by atoms with Crippen LogP contribution in [0.25, 0.3) is 11.3 Å². The Bertz CT molecular complexity index is 850. The minimum atomic E-state index is -0.0717. The van der Waals surface area contributed by atoms with E-state index in [1.807, 2.05) is 17.0 Å². The summed E-state index contributed by atoms with van der Waals surface area (Å²) in [7, 11) is 0. The number of nitrogens with zero attached hydrogens (tertiary/aromatic N) is 4. The highest BCUT2D eigenvalue weighted by Crippen LogP contribution is 2.29. The number of piperidine rings is 1. The van der Waals surface area contributed by atoms with Gasteiger partial charge in [-0.05, 0) is 55.7 Å². The fourth-order valence-electron chi connectivity index (χ4n) is 4.46. The molecule has 0 atom stereocenters. The molecule has 148 valence electrons. The van der Waals surface area contributed by atoms with Gasteiger partial charge in [-0.1, -0.05) is 12.8 Å². The number of hydrogen-bond donors (Lipinski definition) is 0. The van der Waals surface area contributed by atoms with E-state index in [0.717, 1.165) is 43.6 Å². The van der Waals surface area contributed by atoms with E-state index < -0.39 is 0 Å². The SMILES string of the molecule is O=C(CC1CCCC1)N1CCC(Cn2nc(-c3ccncc3)ccc2=O)CC1. The van der Waals surface area contributed by atoms with Gasteiger partial charge < -0.3 is 4.90 Å². The Hall–Kier alpha value is -2.50. The lowest BCUT2D eigenvalue weighted by Crippen LogP contribution is -2.40. The summed E-state index contributed by atoms with van der Waals surface area (Å²) in [4.78, 5) is 30.8. The van der Waals surface area contributed by atoms with E-state index in [0.29, 0.717) is 24.3 Å². The maximum atomic E-state index is 12.5. The molecular weight excluding hydrogens is 352 g/mol. The summed E-state index contributed by atoms with van der Waals surface area (Å²) in [5, 5.41) is 4.56. The van der Waals surface area contributed by atoms with Crippen molar-refractivity contribution in [2.45, 2.75) is 51.5 Å². The molecule has 2 aromatic heterocycles. The molecular formula is C22H28N4O2. The summed E-state index contributed by atoms with van der Waals surface area (Å²) in [6.45, 7) is 2.21. The van der Waals surface area contributed by atoms with Gasteiger partial charge in [0.05, 0.1) is 5.69 Å². The summed E-state index contributed by atoms with van der Waals surface area (Å²) in [6, 6.07) is 7.14. The van der Waals surface area contributed by atoms with Crippen molar-refractivity contribution in [1.29, 1.82) is 0 Å². The number of likely N-dealkylation sites (tertiary alicyclic amines) is 1. The van der Waals surface area contributed by atoms with E-state index >= 15 is 0 Å². The summed E-state index contributed by atoms with van der Waals surface area (Å²) < 4.78 is 1.58. The number of hydrogen-bond acceptors (Lipinski definition) is 4. The Labute approximate surface area is 165 Å². The van der Waals surface area contributed by atoms with Crippen molar-refractivity contribution < 1.29 is 4.79 Å². The third-order valence-electron chi connectivity index (χ3n) is 6.18. The molecule has 28 heavy (non-hydrogen) atoms. The first-order valence-corrected chi connectivity index (χ1v) is 10.5. The van der Waals surface area contributed by atoms with Gasteiger partial charge in [-0.3, -0.25) is 14.6 Å². The second-order valence-corrected chi connectivity index (χ2v) is 8.15. The van der Waals surface area contributed by atoms with Crippen LogP contribution in [0.15, 0.2) is 41.5 Å². The monoisotopic (exact) mass is 380 g/mol. The maximum absolute atomic E-state index is 12.5. The molecule has 0 bridgehead atoms.